The van der Waals surface area contributed by atoms with Crippen LogP contribution in [0.2, 0.25) is 0 Å². The second-order valence-electron chi connectivity index (χ2n) is 13.7. The lowest BCUT2D eigenvalue weighted by molar-refractivity contribution is -0.205. The number of nitrogens with two attached hydrogens (primary N) is 1. The second-order valence-corrected chi connectivity index (χ2v) is 14.1. The van der Waals surface area contributed by atoms with E-state index in [0.29, 0.717) is 50.3 Å². The first-order valence-corrected chi connectivity index (χ1v) is 16.9. The van der Waals surface area contributed by atoms with Crippen molar-refractivity contribution in [2.45, 2.75) is 124 Å². The third-order valence-electron chi connectivity index (χ3n) is 8.04. The summed E-state index contributed by atoms with van der Waals surface area (Å²) in [6.07, 6.45) is 3.27. The predicted octanol–water partition coefficient (Wildman–Crippen LogP) is 2.62. The number of hydrogen-bond donors (Lipinski definition) is 5. The summed E-state index contributed by atoms with van der Waals surface area (Å²) in [4.78, 5) is 78.8. The van der Waals surface area contributed by atoms with Crippen molar-refractivity contribution in [2.75, 3.05) is 19.7 Å². The lowest BCUT2D eigenvalue weighted by Crippen LogP contribution is -2.56. The molecule has 6 N–H and O–H groups in total. The Balaban J connectivity index is 2.64. The molecular formula is C32H56N6O8S. The highest BCUT2D eigenvalue weighted by Crippen LogP contribution is 2.26. The summed E-state index contributed by atoms with van der Waals surface area (Å²) in [5.74, 6) is -2.51. The van der Waals surface area contributed by atoms with E-state index in [1.54, 1.807) is 13.8 Å². The van der Waals surface area contributed by atoms with Crippen LogP contribution in [0.25, 0.3) is 0 Å². The van der Waals surface area contributed by atoms with E-state index >= 15 is 0 Å². The van der Waals surface area contributed by atoms with Gasteiger partial charge in [-0.15, -0.1) is 5.06 Å². The Kier molecular flexibility index (Phi) is 17.3. The molecule has 1 fully saturated rings. The number of ketones is 1. The highest BCUT2D eigenvalue weighted by molar-refractivity contribution is 7.80. The number of ether oxygens (including phenoxy) is 1. The molecule has 5 amide bonds. The van der Waals surface area contributed by atoms with Crippen molar-refractivity contribution in [3.8, 4) is 0 Å². The van der Waals surface area contributed by atoms with Crippen LogP contribution < -0.4 is 27.0 Å². The van der Waals surface area contributed by atoms with E-state index < -0.39 is 46.9 Å². The molecule has 268 valence electrons. The number of Topliss-reactive ketones (excluding diaryl/α,β-unsaturated/α-hetero) is 1. The van der Waals surface area contributed by atoms with Gasteiger partial charge in [0.15, 0.2) is 10.9 Å². The van der Waals surface area contributed by atoms with E-state index in [-0.39, 0.29) is 48.1 Å². The number of urea groups is 1. The number of nitrogens with zero attached hydrogens (tertiary/aromatic N) is 1. The highest BCUT2D eigenvalue weighted by atomic mass is 32.1. The Morgan fingerprint density at radius 1 is 0.936 bits per heavy atom. The number of primary amides is 1. The Morgan fingerprint density at radius 3 is 2.11 bits per heavy atom. The van der Waals surface area contributed by atoms with Crippen LogP contribution in [0, 0.1) is 17.3 Å². The van der Waals surface area contributed by atoms with Gasteiger partial charge >= 0.3 is 12.0 Å². The van der Waals surface area contributed by atoms with Crippen molar-refractivity contribution in [1.29, 1.82) is 0 Å². The van der Waals surface area contributed by atoms with Crippen molar-refractivity contribution in [3.05, 3.63) is 0 Å². The van der Waals surface area contributed by atoms with Crippen LogP contribution in [-0.2, 0) is 33.5 Å². The third kappa shape index (κ3) is 15.0. The average molecular weight is 685 g/mol. The van der Waals surface area contributed by atoms with Crippen molar-refractivity contribution in [2.24, 2.45) is 23.0 Å². The Hall–Kier alpha value is -3.33. The molecule has 0 spiro atoms. The fourth-order valence-electron chi connectivity index (χ4n) is 4.81. The van der Waals surface area contributed by atoms with Gasteiger partial charge in [0.1, 0.15) is 6.04 Å². The number of thiocarbonyl (C=S) groups is 1. The number of hydrogen-bond acceptors (Lipinski definition) is 9. The lowest BCUT2D eigenvalue weighted by Gasteiger charge is -2.30. The quantitative estimate of drug-likeness (QED) is 0.0677. The molecule has 0 bridgehead atoms. The van der Waals surface area contributed by atoms with Crippen LogP contribution in [0.4, 0.5) is 4.79 Å². The SMILES string of the molecule is CCCC(C)C(=O)[C@H](CCCNC(N)=O)NC(=O)[C@@H](NC(=S)NCCC(C)(C)OCCC(C)(C)C(=O)ON1C(=O)CCC1=O)C(C)C. The van der Waals surface area contributed by atoms with Gasteiger partial charge in [0.05, 0.1) is 17.1 Å². The van der Waals surface area contributed by atoms with Gasteiger partial charge in [0.2, 0.25) is 5.91 Å². The number of amides is 5. The summed E-state index contributed by atoms with van der Waals surface area (Å²) in [5, 5.41) is 12.4. The molecule has 1 heterocycles. The summed E-state index contributed by atoms with van der Waals surface area (Å²) in [7, 11) is 0. The molecule has 1 aliphatic heterocycles. The Morgan fingerprint density at radius 2 is 1.55 bits per heavy atom. The smallest absolute Gasteiger partial charge is 0.338 e. The van der Waals surface area contributed by atoms with Gasteiger partial charge in [-0.25, -0.2) is 9.59 Å². The molecule has 1 rings (SSSR count). The lowest BCUT2D eigenvalue weighted by atomic mass is 9.90. The molecule has 47 heavy (non-hydrogen) atoms. The molecule has 15 heteroatoms. The van der Waals surface area contributed by atoms with Gasteiger partial charge in [0.25, 0.3) is 11.8 Å². The largest absolute Gasteiger partial charge is 0.375 e. The summed E-state index contributed by atoms with van der Waals surface area (Å²) in [6, 6.07) is -2.05. The number of carbonyl (C=O) groups is 6. The molecule has 1 unspecified atom stereocenters. The number of hydroxylamine groups is 2. The van der Waals surface area contributed by atoms with Gasteiger partial charge < -0.3 is 36.6 Å². The summed E-state index contributed by atoms with van der Waals surface area (Å²) in [6.45, 7) is 15.7. The monoisotopic (exact) mass is 684 g/mol. The van der Waals surface area contributed by atoms with Gasteiger partial charge in [-0.2, -0.15) is 0 Å². The van der Waals surface area contributed by atoms with E-state index in [1.807, 2.05) is 41.5 Å². The molecule has 0 saturated carbocycles. The summed E-state index contributed by atoms with van der Waals surface area (Å²) in [5.41, 5.74) is 3.55. The fraction of sp³-hybridized carbons (Fsp3) is 0.781. The van der Waals surface area contributed by atoms with Gasteiger partial charge in [-0.1, -0.05) is 34.1 Å². The topological polar surface area (TPSA) is 198 Å². The molecule has 0 aromatic carbocycles. The van der Waals surface area contributed by atoms with E-state index in [9.17, 15) is 28.8 Å². The van der Waals surface area contributed by atoms with Gasteiger partial charge in [-0.05, 0) is 77.9 Å². The minimum atomic E-state index is -0.993. The zero-order valence-corrected chi connectivity index (χ0v) is 30.1. The first-order valence-electron chi connectivity index (χ1n) is 16.4. The minimum absolute atomic E-state index is 0.0288. The van der Waals surface area contributed by atoms with Crippen LogP contribution in [0.5, 0.6) is 0 Å². The van der Waals surface area contributed by atoms with Crippen LogP contribution >= 0.6 is 12.2 Å². The first-order chi connectivity index (χ1) is 21.8. The van der Waals surface area contributed by atoms with Crippen LogP contribution in [0.3, 0.4) is 0 Å². The Labute approximate surface area is 284 Å². The number of nitrogens with one attached hydrogen (secondary N) is 4. The highest BCUT2D eigenvalue weighted by Gasteiger charge is 2.38. The molecule has 0 aromatic rings. The van der Waals surface area contributed by atoms with Crippen molar-refractivity contribution < 1.29 is 38.3 Å². The van der Waals surface area contributed by atoms with Crippen molar-refractivity contribution >= 4 is 52.8 Å². The molecule has 1 saturated heterocycles. The van der Waals surface area contributed by atoms with E-state index in [4.69, 9.17) is 27.5 Å². The zero-order chi connectivity index (χ0) is 35.9. The van der Waals surface area contributed by atoms with Crippen LogP contribution in [0.1, 0.15) is 107 Å². The van der Waals surface area contributed by atoms with Gasteiger partial charge in [-0.3, -0.25) is 19.2 Å². The minimum Gasteiger partial charge on any atom is -0.375 e. The Bertz CT molecular complexity index is 1110. The maximum Gasteiger partial charge on any atom is 0.338 e. The normalized spacial score (nSPS) is 15.6. The standard InChI is InChI=1S/C32H56N6O8S/c1-9-11-21(4)26(41)22(12-10-17-34-29(33)44)36-27(42)25(20(2)3)37-30(47)35-18-15-32(7,8)45-19-16-31(5,6)28(43)46-38-23(39)13-14-24(38)40/h20-22,25H,9-19H2,1-8H3,(H,36,42)(H3,33,34,44)(H2,35,37,47)/t21?,22-,25-/m0/s1. The fourth-order valence-corrected chi connectivity index (χ4v) is 5.04. The molecule has 0 aliphatic carbocycles. The van der Waals surface area contributed by atoms with E-state index in [2.05, 4.69) is 21.3 Å². The summed E-state index contributed by atoms with van der Waals surface area (Å²) < 4.78 is 6.04. The first kappa shape index (κ1) is 41.7. The molecular weight excluding hydrogens is 628 g/mol. The number of rotatable bonds is 21. The maximum atomic E-state index is 13.4. The predicted molar refractivity (Wildman–Crippen MR) is 180 cm³/mol. The van der Waals surface area contributed by atoms with Crippen molar-refractivity contribution in [1.82, 2.24) is 26.3 Å². The van der Waals surface area contributed by atoms with Gasteiger partial charge in [0, 0.05) is 38.5 Å². The molecule has 0 aromatic heterocycles. The second kappa shape index (κ2) is 19.5. The van der Waals surface area contributed by atoms with Crippen molar-refractivity contribution in [3.63, 3.8) is 0 Å². The number of carbonyl (C=O) groups excluding carboxylic acids is 6. The van der Waals surface area contributed by atoms with E-state index in [1.165, 1.54) is 0 Å². The molecule has 3 atom stereocenters. The van der Waals surface area contributed by atoms with Crippen LogP contribution in [-0.4, -0.2) is 83.1 Å². The van der Waals surface area contributed by atoms with Crippen LogP contribution in [0.15, 0.2) is 0 Å². The van der Waals surface area contributed by atoms with E-state index in [0.717, 1.165) is 6.42 Å². The average Bonchev–Trinajstić information content (AvgIpc) is 3.28. The third-order valence-corrected chi connectivity index (χ3v) is 8.30. The zero-order valence-electron chi connectivity index (χ0n) is 29.3. The molecule has 14 nitrogen and oxygen atoms in total. The summed E-state index contributed by atoms with van der Waals surface area (Å²) >= 11 is 5.48. The number of imide groups is 1. The molecule has 0 radical (unpaired) electrons. The maximum absolute atomic E-state index is 13.4. The molecule has 1 aliphatic rings.